The van der Waals surface area contributed by atoms with Gasteiger partial charge in [-0.05, 0) is 12.3 Å². The molecule has 0 heterocycles. The molecule has 4 atom stereocenters. The summed E-state index contributed by atoms with van der Waals surface area (Å²) in [7, 11) is 0. The third kappa shape index (κ3) is 4.07. The van der Waals surface area contributed by atoms with Crippen LogP contribution in [0.25, 0.3) is 0 Å². The maximum atomic E-state index is 9.57. The smallest absolute Gasteiger partial charge is 0.106 e. The Labute approximate surface area is 80.4 Å². The van der Waals surface area contributed by atoms with E-state index in [0.717, 1.165) is 12.8 Å². The van der Waals surface area contributed by atoms with Crippen LogP contribution in [0.1, 0.15) is 40.0 Å². The number of aliphatic hydroxyl groups is 3. The number of hydrogen-bond donors (Lipinski definition) is 3. The highest BCUT2D eigenvalue weighted by Crippen LogP contribution is 2.15. The Morgan fingerprint density at radius 3 is 1.92 bits per heavy atom. The van der Waals surface area contributed by atoms with Crippen molar-refractivity contribution in [2.45, 2.75) is 58.3 Å². The van der Waals surface area contributed by atoms with Crippen molar-refractivity contribution in [1.82, 2.24) is 0 Å². The van der Waals surface area contributed by atoms with Crippen LogP contribution in [0.4, 0.5) is 0 Å². The van der Waals surface area contributed by atoms with Crippen molar-refractivity contribution in [1.29, 1.82) is 0 Å². The van der Waals surface area contributed by atoms with Gasteiger partial charge < -0.3 is 15.3 Å². The summed E-state index contributed by atoms with van der Waals surface area (Å²) < 4.78 is 0. The molecule has 1 unspecified atom stereocenters. The Morgan fingerprint density at radius 2 is 1.54 bits per heavy atom. The molecule has 3 nitrogen and oxygen atoms in total. The summed E-state index contributed by atoms with van der Waals surface area (Å²) in [5.41, 5.74) is 0. The fourth-order valence-electron chi connectivity index (χ4n) is 1.27. The minimum atomic E-state index is -1.00. The zero-order chi connectivity index (χ0) is 10.4. The summed E-state index contributed by atoms with van der Waals surface area (Å²) in [5, 5.41) is 28.5. The Hall–Kier alpha value is -0.120. The molecule has 3 heteroatoms. The molecule has 0 aromatic heterocycles. The van der Waals surface area contributed by atoms with Gasteiger partial charge in [-0.15, -0.1) is 0 Å². The van der Waals surface area contributed by atoms with Crippen LogP contribution in [0.2, 0.25) is 0 Å². The second-order valence-corrected chi connectivity index (χ2v) is 3.72. The number of hydrogen-bond acceptors (Lipinski definition) is 3. The van der Waals surface area contributed by atoms with Crippen LogP contribution in [0.15, 0.2) is 0 Å². The second kappa shape index (κ2) is 6.35. The first kappa shape index (κ1) is 12.9. The Morgan fingerprint density at radius 1 is 1.00 bits per heavy atom. The summed E-state index contributed by atoms with van der Waals surface area (Å²) in [5.74, 6) is 0.0292. The van der Waals surface area contributed by atoms with Crippen molar-refractivity contribution < 1.29 is 15.3 Å². The van der Waals surface area contributed by atoms with Crippen molar-refractivity contribution in [3.05, 3.63) is 0 Å². The van der Waals surface area contributed by atoms with E-state index in [2.05, 4.69) is 0 Å². The predicted octanol–water partition coefficient (Wildman–Crippen LogP) is 0.915. The molecule has 0 aliphatic heterocycles. The molecule has 0 aromatic carbocycles. The maximum Gasteiger partial charge on any atom is 0.106 e. The SMILES string of the molecule is CCC[C@H](O)[C@@H](O)[C@H](O)C(C)CC. The predicted molar refractivity (Wildman–Crippen MR) is 52.4 cm³/mol. The fraction of sp³-hybridized carbons (Fsp3) is 1.00. The highest BCUT2D eigenvalue weighted by atomic mass is 16.4. The zero-order valence-corrected chi connectivity index (χ0v) is 8.77. The molecule has 0 radical (unpaired) electrons. The Bertz CT molecular complexity index is 127. The van der Waals surface area contributed by atoms with Crippen molar-refractivity contribution >= 4 is 0 Å². The highest BCUT2D eigenvalue weighted by Gasteiger charge is 2.27. The van der Waals surface area contributed by atoms with Crippen LogP contribution in [-0.2, 0) is 0 Å². The minimum absolute atomic E-state index is 0.0292. The van der Waals surface area contributed by atoms with E-state index in [-0.39, 0.29) is 5.92 Å². The Kier molecular flexibility index (Phi) is 6.29. The van der Waals surface area contributed by atoms with Gasteiger partial charge in [0.2, 0.25) is 0 Å². The van der Waals surface area contributed by atoms with E-state index in [9.17, 15) is 15.3 Å². The normalized spacial score (nSPS) is 20.8. The van der Waals surface area contributed by atoms with Gasteiger partial charge in [0.05, 0.1) is 12.2 Å². The van der Waals surface area contributed by atoms with Crippen LogP contribution in [-0.4, -0.2) is 33.6 Å². The van der Waals surface area contributed by atoms with Crippen LogP contribution >= 0.6 is 0 Å². The Balaban J connectivity index is 3.99. The zero-order valence-electron chi connectivity index (χ0n) is 8.77. The van der Waals surface area contributed by atoms with Gasteiger partial charge in [0.1, 0.15) is 6.10 Å². The first-order valence-electron chi connectivity index (χ1n) is 5.08. The average Bonchev–Trinajstić information content (AvgIpc) is 2.14. The van der Waals surface area contributed by atoms with Gasteiger partial charge in [-0.25, -0.2) is 0 Å². The molecule has 80 valence electrons. The van der Waals surface area contributed by atoms with Gasteiger partial charge in [0, 0.05) is 0 Å². The van der Waals surface area contributed by atoms with E-state index in [1.807, 2.05) is 20.8 Å². The molecule has 0 saturated heterocycles. The summed E-state index contributed by atoms with van der Waals surface area (Å²) in [6.07, 6.45) is -0.465. The minimum Gasteiger partial charge on any atom is -0.390 e. The molecular formula is C10H22O3. The molecule has 0 spiro atoms. The van der Waals surface area contributed by atoms with Crippen molar-refractivity contribution in [3.63, 3.8) is 0 Å². The quantitative estimate of drug-likeness (QED) is 0.583. The van der Waals surface area contributed by atoms with Gasteiger partial charge in [-0.1, -0.05) is 33.6 Å². The second-order valence-electron chi connectivity index (χ2n) is 3.72. The van der Waals surface area contributed by atoms with Crippen LogP contribution in [0, 0.1) is 5.92 Å². The maximum absolute atomic E-state index is 9.57. The van der Waals surface area contributed by atoms with Crippen LogP contribution in [0.3, 0.4) is 0 Å². The lowest BCUT2D eigenvalue weighted by molar-refractivity contribution is -0.0807. The molecular weight excluding hydrogens is 168 g/mol. The number of aliphatic hydroxyl groups excluding tert-OH is 3. The molecule has 0 aliphatic carbocycles. The lowest BCUT2D eigenvalue weighted by Crippen LogP contribution is -2.40. The van der Waals surface area contributed by atoms with Crippen LogP contribution in [0.5, 0.6) is 0 Å². The first-order valence-corrected chi connectivity index (χ1v) is 5.08. The average molecular weight is 190 g/mol. The van der Waals surface area contributed by atoms with E-state index in [1.165, 1.54) is 0 Å². The molecule has 0 fully saturated rings. The third-order valence-electron chi connectivity index (χ3n) is 2.56. The lowest BCUT2D eigenvalue weighted by atomic mass is 9.93. The highest BCUT2D eigenvalue weighted by molar-refractivity contribution is 4.78. The van der Waals surface area contributed by atoms with E-state index in [1.54, 1.807) is 0 Å². The van der Waals surface area contributed by atoms with E-state index < -0.39 is 18.3 Å². The van der Waals surface area contributed by atoms with Gasteiger partial charge in [0.15, 0.2) is 0 Å². The van der Waals surface area contributed by atoms with Gasteiger partial charge in [0.25, 0.3) is 0 Å². The summed E-state index contributed by atoms with van der Waals surface area (Å²) in [6.45, 7) is 5.75. The molecule has 0 bridgehead atoms. The van der Waals surface area contributed by atoms with Gasteiger partial charge in [-0.3, -0.25) is 0 Å². The first-order chi connectivity index (χ1) is 6.04. The van der Waals surface area contributed by atoms with Crippen LogP contribution < -0.4 is 0 Å². The molecule has 0 aromatic rings. The van der Waals surface area contributed by atoms with Gasteiger partial charge >= 0.3 is 0 Å². The molecule has 13 heavy (non-hydrogen) atoms. The van der Waals surface area contributed by atoms with Gasteiger partial charge in [-0.2, -0.15) is 0 Å². The van der Waals surface area contributed by atoms with E-state index in [4.69, 9.17) is 0 Å². The third-order valence-corrected chi connectivity index (χ3v) is 2.56. The summed E-state index contributed by atoms with van der Waals surface area (Å²) in [4.78, 5) is 0. The molecule has 3 N–H and O–H groups in total. The van der Waals surface area contributed by atoms with Crippen molar-refractivity contribution in [3.8, 4) is 0 Å². The molecule has 0 aliphatic rings. The topological polar surface area (TPSA) is 60.7 Å². The number of rotatable bonds is 6. The monoisotopic (exact) mass is 190 g/mol. The van der Waals surface area contributed by atoms with Crippen molar-refractivity contribution in [2.75, 3.05) is 0 Å². The molecule has 0 rings (SSSR count). The molecule has 0 amide bonds. The largest absolute Gasteiger partial charge is 0.390 e. The fourth-order valence-corrected chi connectivity index (χ4v) is 1.27. The standard InChI is InChI=1S/C10H22O3/c1-4-6-8(11)10(13)9(12)7(3)5-2/h7-13H,4-6H2,1-3H3/t7?,8-,9+,10+/m0/s1. The van der Waals surface area contributed by atoms with Crippen molar-refractivity contribution in [2.24, 2.45) is 5.92 Å². The summed E-state index contributed by atoms with van der Waals surface area (Å²) in [6, 6.07) is 0. The molecule has 0 saturated carbocycles. The van der Waals surface area contributed by atoms with E-state index in [0.29, 0.717) is 6.42 Å². The lowest BCUT2D eigenvalue weighted by Gasteiger charge is -2.26. The van der Waals surface area contributed by atoms with E-state index >= 15 is 0 Å². The summed E-state index contributed by atoms with van der Waals surface area (Å²) >= 11 is 0.